The predicted molar refractivity (Wildman–Crippen MR) is 97.5 cm³/mol. The predicted octanol–water partition coefficient (Wildman–Crippen LogP) is 3.54. The van der Waals surface area contributed by atoms with Crippen molar-refractivity contribution in [2.45, 2.75) is 38.5 Å². The summed E-state index contributed by atoms with van der Waals surface area (Å²) < 4.78 is 0. The van der Waals surface area contributed by atoms with Crippen LogP contribution >= 0.6 is 11.3 Å². The molecule has 2 N–H and O–H groups in total. The molecule has 1 aromatic carbocycles. The lowest BCUT2D eigenvalue weighted by Crippen LogP contribution is -2.33. The van der Waals surface area contributed by atoms with Gasteiger partial charge in [-0.25, -0.2) is 0 Å². The molecule has 0 fully saturated rings. The van der Waals surface area contributed by atoms with E-state index in [9.17, 15) is 9.59 Å². The van der Waals surface area contributed by atoms with Crippen LogP contribution in [0.1, 0.15) is 45.8 Å². The van der Waals surface area contributed by atoms with E-state index in [0.29, 0.717) is 6.54 Å². The van der Waals surface area contributed by atoms with Crippen LogP contribution in [0.4, 0.5) is 5.69 Å². The molecule has 1 aliphatic carbocycles. The van der Waals surface area contributed by atoms with Gasteiger partial charge in [-0.15, -0.1) is 11.3 Å². The van der Waals surface area contributed by atoms with Gasteiger partial charge in [0.05, 0.1) is 4.88 Å². The molecule has 1 aliphatic rings. The average Bonchev–Trinajstić information content (AvgIpc) is 2.86. The van der Waals surface area contributed by atoms with Crippen LogP contribution in [0.15, 0.2) is 36.4 Å². The summed E-state index contributed by atoms with van der Waals surface area (Å²) in [6, 6.07) is 11.5. The van der Waals surface area contributed by atoms with Crippen molar-refractivity contribution in [1.29, 1.82) is 0 Å². The van der Waals surface area contributed by atoms with Gasteiger partial charge in [0.25, 0.3) is 5.91 Å². The van der Waals surface area contributed by atoms with Crippen molar-refractivity contribution in [3.8, 4) is 0 Å². The Hall–Kier alpha value is -2.14. The van der Waals surface area contributed by atoms with Gasteiger partial charge in [-0.2, -0.15) is 0 Å². The Morgan fingerprint density at radius 1 is 1.08 bits per heavy atom. The van der Waals surface area contributed by atoms with Crippen LogP contribution in [-0.2, 0) is 17.6 Å². The van der Waals surface area contributed by atoms with Crippen molar-refractivity contribution >= 4 is 28.8 Å². The monoisotopic (exact) mass is 342 g/mol. The number of carbonyl (C=O) groups excluding carboxylic acids is 2. The molecule has 3 rings (SSSR count). The maximum absolute atomic E-state index is 13.0. The molecule has 5 heteroatoms. The highest BCUT2D eigenvalue weighted by Crippen LogP contribution is 2.30. The quantitative estimate of drug-likeness (QED) is 0.845. The van der Waals surface area contributed by atoms with Crippen molar-refractivity contribution in [3.63, 3.8) is 0 Å². The SMILES string of the molecule is NC(=O)CCN(C(=O)c1cc2c(s1)CCCCC2)c1ccccc1. The summed E-state index contributed by atoms with van der Waals surface area (Å²) in [5.41, 5.74) is 7.40. The molecule has 4 nitrogen and oxygen atoms in total. The van der Waals surface area contributed by atoms with Crippen LogP contribution in [0, 0.1) is 0 Å². The van der Waals surface area contributed by atoms with Gasteiger partial charge < -0.3 is 10.6 Å². The molecule has 0 atom stereocenters. The van der Waals surface area contributed by atoms with E-state index in [1.165, 1.54) is 29.7 Å². The zero-order valence-electron chi connectivity index (χ0n) is 13.7. The van der Waals surface area contributed by atoms with E-state index in [1.807, 2.05) is 36.4 Å². The largest absolute Gasteiger partial charge is 0.370 e. The number of carbonyl (C=O) groups is 2. The number of para-hydroxylation sites is 1. The number of benzene rings is 1. The highest BCUT2D eigenvalue weighted by molar-refractivity contribution is 7.14. The molecule has 0 bridgehead atoms. The summed E-state index contributed by atoms with van der Waals surface area (Å²) in [6.45, 7) is 0.306. The van der Waals surface area contributed by atoms with Crippen LogP contribution in [0.3, 0.4) is 0 Å². The molecule has 1 aromatic heterocycles. The number of anilines is 1. The van der Waals surface area contributed by atoms with Gasteiger partial charge >= 0.3 is 0 Å². The summed E-state index contributed by atoms with van der Waals surface area (Å²) in [4.78, 5) is 28.0. The second kappa shape index (κ2) is 7.62. The van der Waals surface area contributed by atoms with Crippen molar-refractivity contribution in [2.75, 3.05) is 11.4 Å². The Bertz CT molecular complexity index is 701. The number of amides is 2. The first-order chi connectivity index (χ1) is 11.6. The number of hydrogen-bond acceptors (Lipinski definition) is 3. The van der Waals surface area contributed by atoms with Gasteiger partial charge in [0.2, 0.25) is 5.91 Å². The minimum Gasteiger partial charge on any atom is -0.370 e. The summed E-state index contributed by atoms with van der Waals surface area (Å²) in [5, 5.41) is 0. The summed E-state index contributed by atoms with van der Waals surface area (Å²) in [6.07, 6.45) is 5.95. The standard InChI is InChI=1S/C19H22N2O2S/c20-18(22)11-12-21(15-8-4-2-5-9-15)19(23)17-13-14-7-3-1-6-10-16(14)24-17/h2,4-5,8-9,13H,1,3,6-7,10-12H2,(H2,20,22). The third-order valence-corrected chi connectivity index (χ3v) is 5.58. The minimum atomic E-state index is -0.398. The maximum Gasteiger partial charge on any atom is 0.268 e. The number of nitrogens with two attached hydrogens (primary N) is 1. The average molecular weight is 342 g/mol. The first-order valence-corrected chi connectivity index (χ1v) is 9.23. The first-order valence-electron chi connectivity index (χ1n) is 8.42. The van der Waals surface area contributed by atoms with Crippen molar-refractivity contribution < 1.29 is 9.59 Å². The highest BCUT2D eigenvalue weighted by atomic mass is 32.1. The third-order valence-electron chi connectivity index (χ3n) is 4.35. The molecule has 1 heterocycles. The third kappa shape index (κ3) is 3.85. The van der Waals surface area contributed by atoms with Crippen LogP contribution in [-0.4, -0.2) is 18.4 Å². The number of nitrogens with zero attached hydrogens (tertiary/aromatic N) is 1. The normalized spacial score (nSPS) is 13.8. The fourth-order valence-corrected chi connectivity index (χ4v) is 4.29. The van der Waals surface area contributed by atoms with Gasteiger partial charge in [-0.3, -0.25) is 9.59 Å². The summed E-state index contributed by atoms with van der Waals surface area (Å²) in [5.74, 6) is -0.439. The smallest absolute Gasteiger partial charge is 0.268 e. The lowest BCUT2D eigenvalue weighted by atomic mass is 10.1. The Morgan fingerprint density at radius 2 is 1.83 bits per heavy atom. The maximum atomic E-state index is 13.0. The Morgan fingerprint density at radius 3 is 2.58 bits per heavy atom. The van der Waals surface area contributed by atoms with Gasteiger partial charge in [0.15, 0.2) is 0 Å². The van der Waals surface area contributed by atoms with Crippen LogP contribution in [0.5, 0.6) is 0 Å². The van der Waals surface area contributed by atoms with E-state index >= 15 is 0 Å². The van der Waals surface area contributed by atoms with E-state index in [-0.39, 0.29) is 12.3 Å². The molecule has 0 saturated heterocycles. The summed E-state index contributed by atoms with van der Waals surface area (Å²) >= 11 is 1.61. The van der Waals surface area contributed by atoms with Crippen LogP contribution < -0.4 is 10.6 Å². The van der Waals surface area contributed by atoms with E-state index < -0.39 is 5.91 Å². The second-order valence-electron chi connectivity index (χ2n) is 6.13. The second-order valence-corrected chi connectivity index (χ2v) is 7.27. The van der Waals surface area contributed by atoms with Crippen LogP contribution in [0.2, 0.25) is 0 Å². The number of primary amides is 1. The zero-order valence-corrected chi connectivity index (χ0v) is 14.5. The Kier molecular flexibility index (Phi) is 5.30. The van der Waals surface area contributed by atoms with Gasteiger partial charge in [0.1, 0.15) is 0 Å². The molecule has 0 saturated carbocycles. The van der Waals surface area contributed by atoms with Gasteiger partial charge in [0, 0.05) is 23.5 Å². The van der Waals surface area contributed by atoms with Crippen molar-refractivity contribution in [2.24, 2.45) is 5.73 Å². The fraction of sp³-hybridized carbons (Fsp3) is 0.368. The summed E-state index contributed by atoms with van der Waals surface area (Å²) in [7, 11) is 0. The number of rotatable bonds is 5. The van der Waals surface area contributed by atoms with E-state index in [1.54, 1.807) is 16.2 Å². The first kappa shape index (κ1) is 16.7. The molecule has 0 radical (unpaired) electrons. The molecule has 2 aromatic rings. The molecule has 126 valence electrons. The van der Waals surface area contributed by atoms with Crippen molar-refractivity contribution in [3.05, 3.63) is 51.7 Å². The molecule has 0 unspecified atom stereocenters. The number of hydrogen-bond donors (Lipinski definition) is 1. The van der Waals surface area contributed by atoms with E-state index in [0.717, 1.165) is 23.4 Å². The number of fused-ring (bicyclic) bond motifs is 1. The van der Waals surface area contributed by atoms with Crippen molar-refractivity contribution in [1.82, 2.24) is 0 Å². The van der Waals surface area contributed by atoms with Gasteiger partial charge in [-0.05, 0) is 49.4 Å². The topological polar surface area (TPSA) is 63.4 Å². The zero-order chi connectivity index (χ0) is 16.9. The lowest BCUT2D eigenvalue weighted by molar-refractivity contribution is -0.117. The van der Waals surface area contributed by atoms with Crippen LogP contribution in [0.25, 0.3) is 0 Å². The fourth-order valence-electron chi connectivity index (χ4n) is 3.08. The Labute approximate surface area is 146 Å². The molecule has 2 amide bonds. The molecule has 0 aliphatic heterocycles. The highest BCUT2D eigenvalue weighted by Gasteiger charge is 2.22. The lowest BCUT2D eigenvalue weighted by Gasteiger charge is -2.21. The molecule has 24 heavy (non-hydrogen) atoms. The number of aryl methyl sites for hydroxylation is 2. The number of thiophene rings is 1. The minimum absolute atomic E-state index is 0.0412. The van der Waals surface area contributed by atoms with Gasteiger partial charge in [-0.1, -0.05) is 24.6 Å². The molecular formula is C19H22N2O2S. The molecular weight excluding hydrogens is 320 g/mol. The van der Waals surface area contributed by atoms with E-state index in [2.05, 4.69) is 0 Å². The van der Waals surface area contributed by atoms with E-state index in [4.69, 9.17) is 5.73 Å². The molecule has 0 spiro atoms. The Balaban J connectivity index is 1.86.